The van der Waals surface area contributed by atoms with Gasteiger partial charge in [0.2, 0.25) is 0 Å². The van der Waals surface area contributed by atoms with Crippen LogP contribution in [0, 0.1) is 0 Å². The number of ether oxygens (including phenoxy) is 8. The van der Waals surface area contributed by atoms with E-state index in [1.165, 1.54) is 12.8 Å². The third-order valence-corrected chi connectivity index (χ3v) is 3.80. The standard InChI is InChI=1S/C22H46O8/c1-4-5-6-7-23-8-9-24-10-11-25-12-13-26-14-15-27-16-17-28-18-19-29-20-21-30-22(2)3/h22H,4-21H2,1-3H3. The van der Waals surface area contributed by atoms with E-state index in [1.54, 1.807) is 0 Å². The van der Waals surface area contributed by atoms with Gasteiger partial charge in [-0.05, 0) is 20.3 Å². The Kier molecular flexibility index (Phi) is 26.4. The van der Waals surface area contributed by atoms with Crippen LogP contribution >= 0.6 is 0 Å². The summed E-state index contributed by atoms with van der Waals surface area (Å²) in [4.78, 5) is 0. The summed E-state index contributed by atoms with van der Waals surface area (Å²) in [5.41, 5.74) is 0. The molecule has 0 aliphatic carbocycles. The van der Waals surface area contributed by atoms with Crippen molar-refractivity contribution in [1.82, 2.24) is 0 Å². The molecule has 0 aliphatic heterocycles. The van der Waals surface area contributed by atoms with Gasteiger partial charge in [0.05, 0.1) is 98.6 Å². The van der Waals surface area contributed by atoms with Gasteiger partial charge in [-0.3, -0.25) is 0 Å². The summed E-state index contributed by atoms with van der Waals surface area (Å²) in [6.45, 7) is 15.1. The van der Waals surface area contributed by atoms with Crippen LogP contribution in [0.5, 0.6) is 0 Å². The molecule has 0 aromatic carbocycles. The summed E-state index contributed by atoms with van der Waals surface area (Å²) in [6.07, 6.45) is 3.81. The second-order valence-corrected chi connectivity index (χ2v) is 6.91. The first kappa shape index (κ1) is 29.7. The Morgan fingerprint density at radius 3 is 1.00 bits per heavy atom. The molecule has 0 fully saturated rings. The second-order valence-electron chi connectivity index (χ2n) is 6.91. The van der Waals surface area contributed by atoms with E-state index in [0.29, 0.717) is 92.5 Å². The molecule has 8 nitrogen and oxygen atoms in total. The Hall–Kier alpha value is -0.320. The molecule has 0 N–H and O–H groups in total. The smallest absolute Gasteiger partial charge is 0.0703 e. The van der Waals surface area contributed by atoms with Crippen LogP contribution in [-0.4, -0.2) is 105 Å². The van der Waals surface area contributed by atoms with E-state index in [-0.39, 0.29) is 6.10 Å². The molecule has 0 saturated carbocycles. The van der Waals surface area contributed by atoms with Crippen molar-refractivity contribution < 1.29 is 37.9 Å². The molecule has 0 aromatic rings. The third-order valence-electron chi connectivity index (χ3n) is 3.80. The van der Waals surface area contributed by atoms with Gasteiger partial charge in [-0.2, -0.15) is 0 Å². The summed E-state index contributed by atoms with van der Waals surface area (Å²) in [7, 11) is 0. The molecule has 30 heavy (non-hydrogen) atoms. The number of unbranched alkanes of at least 4 members (excludes halogenated alkanes) is 2. The fourth-order valence-corrected chi connectivity index (χ4v) is 2.22. The molecule has 0 heterocycles. The van der Waals surface area contributed by atoms with Gasteiger partial charge in [-0.1, -0.05) is 19.8 Å². The van der Waals surface area contributed by atoms with Crippen LogP contribution in [0.4, 0.5) is 0 Å². The molecule has 0 unspecified atom stereocenters. The lowest BCUT2D eigenvalue weighted by molar-refractivity contribution is -0.0256. The Labute approximate surface area is 183 Å². The van der Waals surface area contributed by atoms with Crippen LogP contribution < -0.4 is 0 Å². The van der Waals surface area contributed by atoms with Gasteiger partial charge in [-0.15, -0.1) is 0 Å². The average molecular weight is 439 g/mol. The Bertz CT molecular complexity index is 305. The third kappa shape index (κ3) is 27.7. The van der Waals surface area contributed by atoms with E-state index in [9.17, 15) is 0 Å². The molecular formula is C22H46O8. The average Bonchev–Trinajstić information content (AvgIpc) is 2.73. The number of rotatable bonds is 26. The van der Waals surface area contributed by atoms with Crippen LogP contribution in [0.2, 0.25) is 0 Å². The van der Waals surface area contributed by atoms with Crippen molar-refractivity contribution in [2.45, 2.75) is 46.1 Å². The SMILES string of the molecule is CCCCCOCCOCCOCCOCCOCCOCCOCCOC(C)C. The van der Waals surface area contributed by atoms with E-state index in [1.807, 2.05) is 13.8 Å². The highest BCUT2D eigenvalue weighted by molar-refractivity contribution is 4.39. The lowest BCUT2D eigenvalue weighted by Gasteiger charge is -2.09. The van der Waals surface area contributed by atoms with Crippen molar-refractivity contribution in [1.29, 1.82) is 0 Å². The maximum atomic E-state index is 5.46. The Balaban J connectivity index is 2.99. The monoisotopic (exact) mass is 438 g/mol. The van der Waals surface area contributed by atoms with Gasteiger partial charge in [0.15, 0.2) is 0 Å². The zero-order valence-corrected chi connectivity index (χ0v) is 19.6. The minimum atomic E-state index is 0.244. The molecule has 182 valence electrons. The summed E-state index contributed by atoms with van der Waals surface area (Å²) in [5.74, 6) is 0. The first-order valence-electron chi connectivity index (χ1n) is 11.4. The second kappa shape index (κ2) is 26.7. The molecule has 0 rings (SSSR count). The van der Waals surface area contributed by atoms with E-state index in [0.717, 1.165) is 13.0 Å². The van der Waals surface area contributed by atoms with Gasteiger partial charge in [0, 0.05) is 6.61 Å². The number of hydrogen-bond donors (Lipinski definition) is 0. The molecule has 0 aromatic heterocycles. The molecule has 0 saturated heterocycles. The normalized spacial score (nSPS) is 11.6. The summed E-state index contributed by atoms with van der Waals surface area (Å²) < 4.78 is 43.4. The van der Waals surface area contributed by atoms with Gasteiger partial charge in [0.1, 0.15) is 0 Å². The highest BCUT2D eigenvalue weighted by atomic mass is 16.6. The molecule has 0 bridgehead atoms. The largest absolute Gasteiger partial charge is 0.379 e. The van der Waals surface area contributed by atoms with Crippen molar-refractivity contribution in [3.8, 4) is 0 Å². The van der Waals surface area contributed by atoms with E-state index >= 15 is 0 Å². The van der Waals surface area contributed by atoms with E-state index in [4.69, 9.17) is 37.9 Å². The quantitative estimate of drug-likeness (QED) is 0.191. The maximum absolute atomic E-state index is 5.46. The van der Waals surface area contributed by atoms with Crippen LogP contribution in [0.25, 0.3) is 0 Å². The van der Waals surface area contributed by atoms with Crippen LogP contribution in [0.3, 0.4) is 0 Å². The van der Waals surface area contributed by atoms with Crippen molar-refractivity contribution in [2.24, 2.45) is 0 Å². The predicted octanol–water partition coefficient (Wildman–Crippen LogP) is 2.72. The lowest BCUT2D eigenvalue weighted by atomic mass is 10.3. The van der Waals surface area contributed by atoms with Crippen molar-refractivity contribution in [2.75, 3.05) is 99.1 Å². The van der Waals surface area contributed by atoms with Gasteiger partial charge in [0.25, 0.3) is 0 Å². The molecule has 0 radical (unpaired) electrons. The zero-order chi connectivity index (χ0) is 22.0. The molecule has 0 amide bonds. The van der Waals surface area contributed by atoms with E-state index in [2.05, 4.69) is 6.92 Å². The zero-order valence-electron chi connectivity index (χ0n) is 19.6. The van der Waals surface area contributed by atoms with E-state index < -0.39 is 0 Å². The Morgan fingerprint density at radius 1 is 0.400 bits per heavy atom. The summed E-state index contributed by atoms with van der Waals surface area (Å²) >= 11 is 0. The van der Waals surface area contributed by atoms with Gasteiger partial charge >= 0.3 is 0 Å². The highest BCUT2D eigenvalue weighted by Crippen LogP contribution is 1.94. The molecular weight excluding hydrogens is 392 g/mol. The molecule has 8 heteroatoms. The minimum absolute atomic E-state index is 0.244. The summed E-state index contributed by atoms with van der Waals surface area (Å²) in [5, 5.41) is 0. The fourth-order valence-electron chi connectivity index (χ4n) is 2.22. The first-order valence-corrected chi connectivity index (χ1v) is 11.4. The van der Waals surface area contributed by atoms with Crippen molar-refractivity contribution >= 4 is 0 Å². The van der Waals surface area contributed by atoms with Crippen LogP contribution in [0.15, 0.2) is 0 Å². The van der Waals surface area contributed by atoms with Gasteiger partial charge < -0.3 is 37.9 Å². The molecule has 0 atom stereocenters. The van der Waals surface area contributed by atoms with Crippen LogP contribution in [0.1, 0.15) is 40.0 Å². The van der Waals surface area contributed by atoms with Crippen LogP contribution in [-0.2, 0) is 37.9 Å². The fraction of sp³-hybridized carbons (Fsp3) is 1.00. The van der Waals surface area contributed by atoms with Crippen molar-refractivity contribution in [3.05, 3.63) is 0 Å². The first-order chi connectivity index (χ1) is 14.8. The molecule has 0 spiro atoms. The summed E-state index contributed by atoms with van der Waals surface area (Å²) in [6, 6.07) is 0. The molecule has 0 aliphatic rings. The maximum Gasteiger partial charge on any atom is 0.0703 e. The minimum Gasteiger partial charge on any atom is -0.379 e. The Morgan fingerprint density at radius 2 is 0.700 bits per heavy atom. The topological polar surface area (TPSA) is 73.8 Å². The highest BCUT2D eigenvalue weighted by Gasteiger charge is 1.96. The lowest BCUT2D eigenvalue weighted by Crippen LogP contribution is -2.15. The number of hydrogen-bond acceptors (Lipinski definition) is 8. The predicted molar refractivity (Wildman–Crippen MR) is 116 cm³/mol. The van der Waals surface area contributed by atoms with Gasteiger partial charge in [-0.25, -0.2) is 0 Å². The van der Waals surface area contributed by atoms with Crippen molar-refractivity contribution in [3.63, 3.8) is 0 Å².